The van der Waals surface area contributed by atoms with Crippen molar-refractivity contribution in [2.75, 3.05) is 11.5 Å². The number of hydrogen-bond donors (Lipinski definition) is 0. The highest BCUT2D eigenvalue weighted by molar-refractivity contribution is 8.13. The molecule has 18 heavy (non-hydrogen) atoms. The second-order valence-corrected chi connectivity index (χ2v) is 9.11. The molecule has 2 rings (SSSR count). The van der Waals surface area contributed by atoms with Gasteiger partial charge in [0.1, 0.15) is 10.7 Å². The summed E-state index contributed by atoms with van der Waals surface area (Å²) in [5, 5.41) is 0. The molecule has 8 heteroatoms. The molecule has 1 aromatic rings. The van der Waals surface area contributed by atoms with Gasteiger partial charge in [0.25, 0.3) is 9.05 Å². The molecule has 1 saturated heterocycles. The van der Waals surface area contributed by atoms with Gasteiger partial charge in [-0.15, -0.1) is 0 Å². The third-order valence-electron chi connectivity index (χ3n) is 2.63. The van der Waals surface area contributed by atoms with Crippen LogP contribution in [0.15, 0.2) is 27.5 Å². The van der Waals surface area contributed by atoms with E-state index in [-0.39, 0.29) is 5.69 Å². The minimum Gasteiger partial charge on any atom is -0.249 e. The van der Waals surface area contributed by atoms with Crippen LogP contribution in [0.5, 0.6) is 0 Å². The van der Waals surface area contributed by atoms with Crippen LogP contribution in [-0.4, -0.2) is 24.1 Å². The van der Waals surface area contributed by atoms with Gasteiger partial charge in [-0.2, -0.15) is 4.36 Å². The van der Waals surface area contributed by atoms with E-state index < -0.39 is 29.5 Å². The van der Waals surface area contributed by atoms with Crippen LogP contribution in [0.3, 0.4) is 0 Å². The quantitative estimate of drug-likeness (QED) is 0.789. The Morgan fingerprint density at radius 2 is 1.89 bits per heavy atom. The Hall–Kier alpha value is -0.660. The van der Waals surface area contributed by atoms with Gasteiger partial charge in [0.15, 0.2) is 0 Å². The molecule has 0 aromatic heterocycles. The summed E-state index contributed by atoms with van der Waals surface area (Å²) in [6.07, 6.45) is 1.69. The number of hydrogen-bond acceptors (Lipinski definition) is 4. The van der Waals surface area contributed by atoms with Gasteiger partial charge in [-0.05, 0) is 25.0 Å². The van der Waals surface area contributed by atoms with Crippen molar-refractivity contribution in [3.8, 4) is 0 Å². The Labute approximate surface area is 110 Å². The normalized spacial score (nSPS) is 18.8. The van der Waals surface area contributed by atoms with Gasteiger partial charge < -0.3 is 0 Å². The fourth-order valence-electron chi connectivity index (χ4n) is 1.78. The molecule has 1 aromatic carbocycles. The molecule has 0 radical (unpaired) electrons. The van der Waals surface area contributed by atoms with Crippen molar-refractivity contribution in [2.45, 2.75) is 17.7 Å². The van der Waals surface area contributed by atoms with Crippen molar-refractivity contribution >= 4 is 35.1 Å². The van der Waals surface area contributed by atoms with Gasteiger partial charge in [0, 0.05) is 28.3 Å². The van der Waals surface area contributed by atoms with Crippen molar-refractivity contribution in [2.24, 2.45) is 4.36 Å². The summed E-state index contributed by atoms with van der Waals surface area (Å²) in [4.78, 5) is -0.593. The molecule has 0 bridgehead atoms. The van der Waals surface area contributed by atoms with Crippen LogP contribution in [0.2, 0.25) is 0 Å². The molecule has 0 atom stereocenters. The summed E-state index contributed by atoms with van der Waals surface area (Å²) < 4.78 is 51.7. The molecular formula is C10H11ClFNO3S2. The predicted molar refractivity (Wildman–Crippen MR) is 68.6 cm³/mol. The monoisotopic (exact) mass is 311 g/mol. The number of rotatable bonds is 2. The van der Waals surface area contributed by atoms with Gasteiger partial charge in [0.2, 0.25) is 0 Å². The van der Waals surface area contributed by atoms with Crippen LogP contribution in [0.1, 0.15) is 12.8 Å². The molecule has 4 nitrogen and oxygen atoms in total. The molecule has 0 aliphatic carbocycles. The smallest absolute Gasteiger partial charge is 0.249 e. The zero-order valence-electron chi connectivity index (χ0n) is 9.30. The van der Waals surface area contributed by atoms with Gasteiger partial charge in [-0.25, -0.2) is 17.0 Å². The van der Waals surface area contributed by atoms with E-state index in [2.05, 4.69) is 4.36 Å². The maximum absolute atomic E-state index is 13.5. The fourth-order valence-corrected chi connectivity index (χ4v) is 4.88. The number of nitrogens with zero attached hydrogens (tertiary/aromatic N) is 1. The van der Waals surface area contributed by atoms with Crippen LogP contribution >= 0.6 is 10.7 Å². The maximum Gasteiger partial charge on any atom is 0.264 e. The molecule has 1 fully saturated rings. The van der Waals surface area contributed by atoms with Crippen molar-refractivity contribution in [3.63, 3.8) is 0 Å². The van der Waals surface area contributed by atoms with Crippen LogP contribution < -0.4 is 0 Å². The summed E-state index contributed by atoms with van der Waals surface area (Å²) in [5.41, 5.74) is 0.184. The predicted octanol–water partition coefficient (Wildman–Crippen LogP) is 2.65. The second-order valence-electron chi connectivity index (χ2n) is 4.03. The van der Waals surface area contributed by atoms with Crippen molar-refractivity contribution in [1.29, 1.82) is 0 Å². The first-order valence-electron chi connectivity index (χ1n) is 5.27. The largest absolute Gasteiger partial charge is 0.264 e. The van der Waals surface area contributed by atoms with Gasteiger partial charge >= 0.3 is 0 Å². The Bertz CT molecular complexity index is 681. The summed E-state index contributed by atoms with van der Waals surface area (Å²) in [5.74, 6) is 0.0289. The van der Waals surface area contributed by atoms with Crippen molar-refractivity contribution in [1.82, 2.24) is 0 Å². The zero-order chi connectivity index (χ0) is 13.4. The molecule has 0 saturated carbocycles. The highest BCUT2D eigenvalue weighted by Gasteiger charge is 2.19. The lowest BCUT2D eigenvalue weighted by Crippen LogP contribution is -2.00. The maximum atomic E-state index is 13.5. The van der Waals surface area contributed by atoms with E-state index in [0.29, 0.717) is 11.5 Å². The number of benzene rings is 1. The van der Waals surface area contributed by atoms with E-state index in [1.165, 1.54) is 6.07 Å². The summed E-state index contributed by atoms with van der Waals surface area (Å²) in [7, 11) is -1.35. The Morgan fingerprint density at radius 1 is 1.28 bits per heavy atom. The van der Waals surface area contributed by atoms with Crippen LogP contribution in [-0.2, 0) is 18.8 Å². The van der Waals surface area contributed by atoms with Crippen molar-refractivity contribution < 1.29 is 17.0 Å². The molecule has 0 N–H and O–H groups in total. The van der Waals surface area contributed by atoms with Crippen molar-refractivity contribution in [3.05, 3.63) is 24.0 Å². The molecule has 1 aliphatic rings. The second kappa shape index (κ2) is 4.79. The van der Waals surface area contributed by atoms with Crippen LogP contribution in [0.4, 0.5) is 10.1 Å². The average molecular weight is 312 g/mol. The average Bonchev–Trinajstić information content (AvgIpc) is 2.62. The molecular weight excluding hydrogens is 301 g/mol. The van der Waals surface area contributed by atoms with E-state index in [1.54, 1.807) is 0 Å². The highest BCUT2D eigenvalue weighted by atomic mass is 35.7. The standard InChI is InChI=1S/C10H11ClFNO3S2/c11-18(15,16)10-4-3-8(7-9(10)12)13-17(14)5-1-2-6-17/h3-4,7H,1-2,5-6H2. The van der Waals surface area contributed by atoms with Crippen LogP contribution in [0.25, 0.3) is 0 Å². The molecule has 100 valence electrons. The first-order chi connectivity index (χ1) is 8.30. The van der Waals surface area contributed by atoms with E-state index in [9.17, 15) is 17.0 Å². The lowest BCUT2D eigenvalue weighted by Gasteiger charge is -2.02. The van der Waals surface area contributed by atoms with E-state index in [0.717, 1.165) is 25.0 Å². The third kappa shape index (κ3) is 3.02. The zero-order valence-corrected chi connectivity index (χ0v) is 11.7. The number of halogens is 2. The van der Waals surface area contributed by atoms with Gasteiger partial charge in [0.05, 0.1) is 15.4 Å². The lowest BCUT2D eigenvalue weighted by molar-refractivity contribution is 0.576. The van der Waals surface area contributed by atoms with Gasteiger partial charge in [-0.3, -0.25) is 0 Å². The summed E-state index contributed by atoms with van der Waals surface area (Å²) >= 11 is 0. The van der Waals surface area contributed by atoms with Crippen LogP contribution in [0, 0.1) is 5.82 Å². The molecule has 0 amide bonds. The Balaban J connectivity index is 2.45. The minimum absolute atomic E-state index is 0.184. The summed E-state index contributed by atoms with van der Waals surface area (Å²) in [6.45, 7) is 0. The minimum atomic E-state index is -4.11. The SMILES string of the molecule is O=S(=O)(Cl)c1ccc(N=S2(=O)CCCC2)cc1F. The first-order valence-corrected chi connectivity index (χ1v) is 9.43. The topological polar surface area (TPSA) is 63.6 Å². The highest BCUT2D eigenvalue weighted by Crippen LogP contribution is 2.26. The Morgan fingerprint density at radius 3 is 2.39 bits per heavy atom. The van der Waals surface area contributed by atoms with Gasteiger partial charge in [-0.1, -0.05) is 0 Å². The van der Waals surface area contributed by atoms with E-state index in [1.807, 2.05) is 0 Å². The first kappa shape index (κ1) is 13.8. The fraction of sp³-hybridized carbons (Fsp3) is 0.400. The molecule has 1 aliphatic heterocycles. The lowest BCUT2D eigenvalue weighted by atomic mass is 10.3. The third-order valence-corrected chi connectivity index (χ3v) is 6.38. The molecule has 0 unspecified atom stereocenters. The summed E-state index contributed by atoms with van der Waals surface area (Å²) in [6, 6.07) is 3.29. The van der Waals surface area contributed by atoms with E-state index in [4.69, 9.17) is 10.7 Å². The molecule has 1 heterocycles. The Kier molecular flexibility index (Phi) is 3.66. The van der Waals surface area contributed by atoms with E-state index >= 15 is 0 Å². The molecule has 0 spiro atoms.